The van der Waals surface area contributed by atoms with E-state index in [0.29, 0.717) is 16.9 Å². The Balaban J connectivity index is 2.18. The highest BCUT2D eigenvalue weighted by molar-refractivity contribution is 5.48. The molecule has 2 rings (SSSR count). The molecule has 1 N–H and O–H groups in total. The molecular weight excluding hydrogens is 234 g/mol. The first-order valence-electron chi connectivity index (χ1n) is 5.71. The number of halogens is 2. The van der Waals surface area contributed by atoms with Crippen LogP contribution in [0.3, 0.4) is 0 Å². The van der Waals surface area contributed by atoms with Crippen LogP contribution in [0.5, 0.6) is 0 Å². The first-order chi connectivity index (χ1) is 8.58. The van der Waals surface area contributed by atoms with Crippen molar-refractivity contribution in [2.45, 2.75) is 19.9 Å². The van der Waals surface area contributed by atoms with Gasteiger partial charge in [-0.2, -0.15) is 0 Å². The maximum absolute atomic E-state index is 13.8. The van der Waals surface area contributed by atoms with Gasteiger partial charge in [-0.05, 0) is 37.6 Å². The molecule has 1 aromatic carbocycles. The highest BCUT2D eigenvalue weighted by Crippen LogP contribution is 2.22. The van der Waals surface area contributed by atoms with Gasteiger partial charge in [0.15, 0.2) is 0 Å². The van der Waals surface area contributed by atoms with E-state index in [0.717, 1.165) is 6.20 Å². The number of pyridine rings is 1. The Hall–Kier alpha value is -1.97. The van der Waals surface area contributed by atoms with Gasteiger partial charge in [-0.3, -0.25) is 4.98 Å². The van der Waals surface area contributed by atoms with Crippen LogP contribution in [0.25, 0.3) is 0 Å². The fourth-order valence-electron chi connectivity index (χ4n) is 1.71. The molecule has 0 amide bonds. The number of rotatable bonds is 3. The van der Waals surface area contributed by atoms with Crippen molar-refractivity contribution in [1.29, 1.82) is 0 Å². The van der Waals surface area contributed by atoms with Gasteiger partial charge in [-0.15, -0.1) is 0 Å². The maximum Gasteiger partial charge on any atom is 0.149 e. The number of nitrogens with zero attached hydrogens (tertiary/aromatic N) is 1. The third kappa shape index (κ3) is 2.64. The summed E-state index contributed by atoms with van der Waals surface area (Å²) in [5, 5.41) is 3.03. The highest BCUT2D eigenvalue weighted by Gasteiger charge is 2.10. The summed E-state index contributed by atoms with van der Waals surface area (Å²) in [5.41, 5.74) is 1.67. The lowest BCUT2D eigenvalue weighted by atomic mass is 10.1. The zero-order valence-corrected chi connectivity index (χ0v) is 10.2. The van der Waals surface area contributed by atoms with Crippen molar-refractivity contribution in [3.63, 3.8) is 0 Å². The molecule has 0 bridgehead atoms. The predicted octanol–water partition coefficient (Wildman–Crippen LogP) is 3.84. The first-order valence-corrected chi connectivity index (χ1v) is 5.71. The zero-order valence-electron chi connectivity index (χ0n) is 10.2. The fourth-order valence-corrected chi connectivity index (χ4v) is 1.71. The SMILES string of the molecule is Cc1cccc(NC(C)c2ccc(F)cn2)c1F. The van der Waals surface area contributed by atoms with Crippen LogP contribution in [0.1, 0.15) is 24.2 Å². The summed E-state index contributed by atoms with van der Waals surface area (Å²) in [4.78, 5) is 3.97. The molecule has 0 saturated heterocycles. The van der Waals surface area contributed by atoms with Crippen molar-refractivity contribution in [3.8, 4) is 0 Å². The fraction of sp³-hybridized carbons (Fsp3) is 0.214. The number of hydrogen-bond acceptors (Lipinski definition) is 2. The third-order valence-corrected chi connectivity index (χ3v) is 2.76. The van der Waals surface area contributed by atoms with Gasteiger partial charge in [0.25, 0.3) is 0 Å². The van der Waals surface area contributed by atoms with Crippen molar-refractivity contribution >= 4 is 5.69 Å². The molecule has 0 spiro atoms. The van der Waals surface area contributed by atoms with Crippen LogP contribution in [0.15, 0.2) is 36.5 Å². The van der Waals surface area contributed by atoms with Crippen LogP contribution in [0.4, 0.5) is 14.5 Å². The van der Waals surface area contributed by atoms with Crippen LogP contribution in [-0.2, 0) is 0 Å². The van der Waals surface area contributed by atoms with Crippen LogP contribution in [0, 0.1) is 18.6 Å². The van der Waals surface area contributed by atoms with Crippen molar-refractivity contribution in [1.82, 2.24) is 4.98 Å². The molecule has 0 radical (unpaired) electrons. The average Bonchev–Trinajstić information content (AvgIpc) is 2.36. The van der Waals surface area contributed by atoms with Gasteiger partial charge in [-0.1, -0.05) is 12.1 Å². The Bertz CT molecular complexity index is 538. The molecule has 0 aliphatic carbocycles. The number of aryl methyl sites for hydroxylation is 1. The Kier molecular flexibility index (Phi) is 3.55. The first kappa shape index (κ1) is 12.5. The topological polar surface area (TPSA) is 24.9 Å². The van der Waals surface area contributed by atoms with E-state index in [4.69, 9.17) is 0 Å². The van der Waals surface area contributed by atoms with Crippen molar-refractivity contribution < 1.29 is 8.78 Å². The van der Waals surface area contributed by atoms with Gasteiger partial charge in [0.05, 0.1) is 23.6 Å². The van der Waals surface area contributed by atoms with Gasteiger partial charge in [0.1, 0.15) is 11.6 Å². The second-order valence-corrected chi connectivity index (χ2v) is 4.20. The molecule has 2 nitrogen and oxygen atoms in total. The molecule has 0 fully saturated rings. The highest BCUT2D eigenvalue weighted by atomic mass is 19.1. The van der Waals surface area contributed by atoms with E-state index in [1.165, 1.54) is 6.07 Å². The number of anilines is 1. The molecule has 1 aromatic heterocycles. The standard InChI is InChI=1S/C14H14F2N2/c1-9-4-3-5-13(14(9)16)18-10(2)12-7-6-11(15)8-17-12/h3-8,10,18H,1-2H3. The molecule has 0 saturated carbocycles. The van der Waals surface area contributed by atoms with Crippen LogP contribution < -0.4 is 5.32 Å². The monoisotopic (exact) mass is 248 g/mol. The van der Waals surface area contributed by atoms with Gasteiger partial charge in [0.2, 0.25) is 0 Å². The summed E-state index contributed by atoms with van der Waals surface area (Å²) in [6, 6.07) is 7.89. The smallest absolute Gasteiger partial charge is 0.149 e. The van der Waals surface area contributed by atoms with Gasteiger partial charge < -0.3 is 5.32 Å². The van der Waals surface area contributed by atoms with Crippen molar-refractivity contribution in [2.24, 2.45) is 0 Å². The number of aromatic nitrogens is 1. The summed E-state index contributed by atoms with van der Waals surface area (Å²) in [6.07, 6.45) is 1.15. The Morgan fingerprint density at radius 2 is 1.94 bits per heavy atom. The molecule has 94 valence electrons. The van der Waals surface area contributed by atoms with Crippen LogP contribution in [0.2, 0.25) is 0 Å². The second-order valence-electron chi connectivity index (χ2n) is 4.20. The van der Waals surface area contributed by atoms with Gasteiger partial charge in [-0.25, -0.2) is 8.78 Å². The minimum Gasteiger partial charge on any atom is -0.375 e. The van der Waals surface area contributed by atoms with Crippen molar-refractivity contribution in [2.75, 3.05) is 5.32 Å². The number of hydrogen-bond donors (Lipinski definition) is 1. The average molecular weight is 248 g/mol. The molecule has 0 aliphatic heterocycles. The molecule has 4 heteroatoms. The van der Waals surface area contributed by atoms with Crippen LogP contribution >= 0.6 is 0 Å². The third-order valence-electron chi connectivity index (χ3n) is 2.76. The van der Waals surface area contributed by atoms with E-state index in [1.807, 2.05) is 6.92 Å². The van der Waals surface area contributed by atoms with E-state index in [-0.39, 0.29) is 17.7 Å². The van der Waals surface area contributed by atoms with E-state index in [1.54, 1.807) is 31.2 Å². The predicted molar refractivity (Wildman–Crippen MR) is 67.4 cm³/mol. The van der Waals surface area contributed by atoms with E-state index in [9.17, 15) is 8.78 Å². The molecule has 2 aromatic rings. The second kappa shape index (κ2) is 5.12. The summed E-state index contributed by atoms with van der Waals surface area (Å²) in [5.74, 6) is -0.654. The van der Waals surface area contributed by atoms with E-state index in [2.05, 4.69) is 10.3 Å². The van der Waals surface area contributed by atoms with E-state index < -0.39 is 0 Å². The van der Waals surface area contributed by atoms with E-state index >= 15 is 0 Å². The normalized spacial score (nSPS) is 12.2. The minimum absolute atomic E-state index is 0.193. The Labute approximate surface area is 105 Å². The van der Waals surface area contributed by atoms with Gasteiger partial charge in [0, 0.05) is 0 Å². The number of nitrogens with one attached hydrogen (secondary N) is 1. The summed E-state index contributed by atoms with van der Waals surface area (Å²) < 4.78 is 26.6. The summed E-state index contributed by atoms with van der Waals surface area (Å²) >= 11 is 0. The zero-order chi connectivity index (χ0) is 13.1. The lowest BCUT2D eigenvalue weighted by Gasteiger charge is -2.16. The molecular formula is C14H14F2N2. The molecule has 1 atom stereocenters. The largest absolute Gasteiger partial charge is 0.375 e. The quantitative estimate of drug-likeness (QED) is 0.892. The minimum atomic E-state index is -0.382. The molecule has 0 aliphatic rings. The molecule has 1 unspecified atom stereocenters. The summed E-state index contributed by atoms with van der Waals surface area (Å²) in [7, 11) is 0. The summed E-state index contributed by atoms with van der Waals surface area (Å²) in [6.45, 7) is 3.56. The van der Waals surface area contributed by atoms with Gasteiger partial charge >= 0.3 is 0 Å². The molecule has 1 heterocycles. The Morgan fingerprint density at radius 3 is 2.61 bits per heavy atom. The van der Waals surface area contributed by atoms with Crippen molar-refractivity contribution in [3.05, 3.63) is 59.4 Å². The number of benzene rings is 1. The Morgan fingerprint density at radius 1 is 1.17 bits per heavy atom. The lowest BCUT2D eigenvalue weighted by Crippen LogP contribution is -2.10. The maximum atomic E-state index is 13.8. The lowest BCUT2D eigenvalue weighted by molar-refractivity contribution is 0.612. The molecule has 18 heavy (non-hydrogen) atoms. The van der Waals surface area contributed by atoms with Crippen LogP contribution in [-0.4, -0.2) is 4.98 Å².